The van der Waals surface area contributed by atoms with Crippen molar-refractivity contribution in [2.24, 2.45) is 0 Å². The average Bonchev–Trinajstić information content (AvgIpc) is 3.05. The Bertz CT molecular complexity index is 1110. The maximum Gasteiger partial charge on any atom is 0.295 e. The number of hydrogen-bond acceptors (Lipinski definition) is 5. The molecule has 1 saturated heterocycles. The molecule has 7 heteroatoms. The number of nitrogens with one attached hydrogen (secondary N) is 1. The summed E-state index contributed by atoms with van der Waals surface area (Å²) in [5, 5.41) is 13.3. The first-order valence-electron chi connectivity index (χ1n) is 9.37. The molecule has 1 aliphatic rings. The Labute approximate surface area is 173 Å². The van der Waals surface area contributed by atoms with Gasteiger partial charge in [-0.25, -0.2) is 4.98 Å². The Morgan fingerprint density at radius 1 is 1.17 bits per heavy atom. The van der Waals surface area contributed by atoms with E-state index in [1.165, 1.54) is 12.0 Å². The van der Waals surface area contributed by atoms with Gasteiger partial charge in [-0.3, -0.25) is 14.6 Å². The highest BCUT2D eigenvalue weighted by atomic mass is 16.5. The Kier molecular flexibility index (Phi) is 5.26. The zero-order valence-electron chi connectivity index (χ0n) is 16.2. The fourth-order valence-electron chi connectivity index (χ4n) is 3.52. The van der Waals surface area contributed by atoms with Crippen LogP contribution < -0.4 is 14.8 Å². The molecule has 0 bridgehead atoms. The summed E-state index contributed by atoms with van der Waals surface area (Å²) in [6, 6.07) is 14.5. The van der Waals surface area contributed by atoms with Crippen LogP contribution in [0.4, 0.5) is 0 Å². The minimum Gasteiger partial charge on any atom is -0.872 e. The average molecular weight is 401 g/mol. The van der Waals surface area contributed by atoms with Crippen molar-refractivity contribution < 1.29 is 24.4 Å². The largest absolute Gasteiger partial charge is 0.872 e. The summed E-state index contributed by atoms with van der Waals surface area (Å²) in [5.74, 6) is -1.55. The number of nitrogens with zero attached hydrogens (tertiary/aromatic N) is 2. The lowest BCUT2D eigenvalue weighted by Gasteiger charge is -2.26. The van der Waals surface area contributed by atoms with Gasteiger partial charge in [-0.2, -0.15) is 0 Å². The molecule has 0 spiro atoms. The van der Waals surface area contributed by atoms with Crippen molar-refractivity contribution in [1.82, 2.24) is 9.88 Å². The molecule has 2 aromatic heterocycles. The fourth-order valence-corrected chi connectivity index (χ4v) is 3.52. The van der Waals surface area contributed by atoms with Gasteiger partial charge in [0.15, 0.2) is 12.4 Å². The topological polar surface area (TPSA) is 96.7 Å². The molecule has 3 heterocycles. The van der Waals surface area contributed by atoms with Crippen LogP contribution in [-0.2, 0) is 16.1 Å². The van der Waals surface area contributed by atoms with Gasteiger partial charge in [0.25, 0.3) is 5.91 Å². The molecular weight excluding hydrogens is 382 g/mol. The summed E-state index contributed by atoms with van der Waals surface area (Å²) in [6.45, 7) is 0.165. The number of ether oxygens (including phenoxy) is 1. The zero-order chi connectivity index (χ0) is 21.1. The van der Waals surface area contributed by atoms with E-state index < -0.39 is 23.5 Å². The molecule has 0 aliphatic carbocycles. The number of H-pyrrole nitrogens is 1. The SMILES string of the molecule is COc1cccc(C([O-])=C2C(=O)C(=O)N(Cc3ccc[nH+]c3)C2c2ccccn2)c1. The van der Waals surface area contributed by atoms with Gasteiger partial charge in [0.2, 0.25) is 5.78 Å². The quantitative estimate of drug-likeness (QED) is 0.365. The number of aromatic nitrogens is 2. The number of amides is 1. The lowest BCUT2D eigenvalue weighted by molar-refractivity contribution is -0.378. The number of methoxy groups -OCH3 is 1. The molecule has 1 unspecified atom stereocenters. The second-order valence-corrected chi connectivity index (χ2v) is 6.81. The summed E-state index contributed by atoms with van der Waals surface area (Å²) >= 11 is 0. The number of pyridine rings is 2. The van der Waals surface area contributed by atoms with E-state index in [1.54, 1.807) is 67.1 Å². The molecule has 1 atom stereocenters. The van der Waals surface area contributed by atoms with Crippen molar-refractivity contribution in [3.8, 4) is 5.75 Å². The molecule has 1 aliphatic heterocycles. The van der Waals surface area contributed by atoms with Crippen LogP contribution in [0, 0.1) is 0 Å². The molecule has 1 fully saturated rings. The lowest BCUT2D eigenvalue weighted by Crippen LogP contribution is -2.30. The van der Waals surface area contributed by atoms with Crippen molar-refractivity contribution in [2.45, 2.75) is 12.6 Å². The van der Waals surface area contributed by atoms with Crippen LogP contribution in [0.15, 0.2) is 78.8 Å². The number of carbonyl (C=O) groups excluding carboxylic acids is 2. The molecular formula is C23H19N3O4. The number of Topliss-reactive ketones (excluding diaryl/α,β-unsaturated/α-hetero) is 1. The van der Waals surface area contributed by atoms with Crippen molar-refractivity contribution in [3.05, 3.63) is 95.6 Å². The van der Waals surface area contributed by atoms with Gasteiger partial charge in [-0.15, -0.1) is 0 Å². The Hall–Kier alpha value is -4.00. The third-order valence-corrected chi connectivity index (χ3v) is 4.95. The first kappa shape index (κ1) is 19.3. The van der Waals surface area contributed by atoms with E-state index in [1.807, 2.05) is 6.07 Å². The third kappa shape index (κ3) is 3.53. The molecule has 1 amide bonds. The lowest BCUT2D eigenvalue weighted by atomic mass is 9.98. The van der Waals surface area contributed by atoms with Gasteiger partial charge in [-0.1, -0.05) is 24.0 Å². The number of benzene rings is 1. The zero-order valence-corrected chi connectivity index (χ0v) is 16.2. The Morgan fingerprint density at radius 3 is 2.73 bits per heavy atom. The van der Waals surface area contributed by atoms with Gasteiger partial charge >= 0.3 is 0 Å². The maximum absolute atomic E-state index is 13.3. The van der Waals surface area contributed by atoms with E-state index in [-0.39, 0.29) is 17.7 Å². The number of aromatic amines is 1. The van der Waals surface area contributed by atoms with Gasteiger partial charge in [-0.05, 0) is 35.9 Å². The van der Waals surface area contributed by atoms with E-state index in [0.29, 0.717) is 11.4 Å². The van der Waals surface area contributed by atoms with Crippen LogP contribution in [0.5, 0.6) is 5.75 Å². The van der Waals surface area contributed by atoms with Crippen LogP contribution in [0.3, 0.4) is 0 Å². The maximum atomic E-state index is 13.3. The first-order valence-corrected chi connectivity index (χ1v) is 9.37. The third-order valence-electron chi connectivity index (χ3n) is 4.95. The smallest absolute Gasteiger partial charge is 0.295 e. The summed E-state index contributed by atoms with van der Waals surface area (Å²) in [7, 11) is 1.50. The summed E-state index contributed by atoms with van der Waals surface area (Å²) in [6.07, 6.45) is 5.07. The van der Waals surface area contributed by atoms with Gasteiger partial charge < -0.3 is 14.7 Å². The number of likely N-dealkylation sites (tertiary alicyclic amines) is 1. The van der Waals surface area contributed by atoms with Crippen LogP contribution in [-0.4, -0.2) is 28.7 Å². The van der Waals surface area contributed by atoms with E-state index in [9.17, 15) is 14.7 Å². The monoisotopic (exact) mass is 401 g/mol. The second-order valence-electron chi connectivity index (χ2n) is 6.81. The summed E-state index contributed by atoms with van der Waals surface area (Å²) in [5.41, 5.74) is 1.44. The van der Waals surface area contributed by atoms with E-state index in [4.69, 9.17) is 4.74 Å². The normalized spacial score (nSPS) is 17.9. The van der Waals surface area contributed by atoms with E-state index in [0.717, 1.165) is 5.56 Å². The van der Waals surface area contributed by atoms with E-state index in [2.05, 4.69) is 9.97 Å². The number of carbonyl (C=O) groups is 2. The minimum atomic E-state index is -0.870. The van der Waals surface area contributed by atoms with E-state index >= 15 is 0 Å². The molecule has 150 valence electrons. The predicted molar refractivity (Wildman–Crippen MR) is 105 cm³/mol. The molecule has 30 heavy (non-hydrogen) atoms. The van der Waals surface area contributed by atoms with Crippen LogP contribution in [0.1, 0.15) is 22.9 Å². The number of rotatable bonds is 5. The van der Waals surface area contributed by atoms with Gasteiger partial charge in [0.1, 0.15) is 11.8 Å². The molecule has 7 nitrogen and oxygen atoms in total. The van der Waals surface area contributed by atoms with Gasteiger partial charge in [0.05, 0.1) is 19.3 Å². The van der Waals surface area contributed by atoms with Gasteiger partial charge in [0, 0.05) is 23.4 Å². The molecule has 1 aromatic carbocycles. The van der Waals surface area contributed by atoms with Crippen molar-refractivity contribution in [1.29, 1.82) is 0 Å². The van der Waals surface area contributed by atoms with Crippen molar-refractivity contribution in [2.75, 3.05) is 7.11 Å². The van der Waals surface area contributed by atoms with Crippen LogP contribution >= 0.6 is 0 Å². The first-order chi connectivity index (χ1) is 14.6. The summed E-state index contributed by atoms with van der Waals surface area (Å²) in [4.78, 5) is 34.5. The highest BCUT2D eigenvalue weighted by molar-refractivity contribution is 6.46. The Balaban J connectivity index is 1.85. The summed E-state index contributed by atoms with van der Waals surface area (Å²) < 4.78 is 5.19. The molecule has 1 N–H and O–H groups in total. The fraction of sp³-hybridized carbons (Fsp3) is 0.130. The highest BCUT2D eigenvalue weighted by Crippen LogP contribution is 2.38. The predicted octanol–water partition coefficient (Wildman–Crippen LogP) is 1.33. The minimum absolute atomic E-state index is 0.105. The number of ketones is 1. The second kappa shape index (κ2) is 8.16. The van der Waals surface area contributed by atoms with Crippen molar-refractivity contribution in [3.63, 3.8) is 0 Å². The molecule has 0 saturated carbocycles. The molecule has 0 radical (unpaired) electrons. The Morgan fingerprint density at radius 2 is 2.03 bits per heavy atom. The highest BCUT2D eigenvalue weighted by Gasteiger charge is 2.45. The van der Waals surface area contributed by atoms with Crippen LogP contribution in [0.25, 0.3) is 5.76 Å². The number of hydrogen-bond donors (Lipinski definition) is 0. The van der Waals surface area contributed by atoms with Crippen LogP contribution in [0.2, 0.25) is 0 Å². The van der Waals surface area contributed by atoms with Crippen molar-refractivity contribution >= 4 is 17.4 Å². The molecule has 3 aromatic rings. The standard InChI is InChI=1S/C23H19N3O4/c1-30-17-8-4-7-16(12-17)21(27)19-20(18-9-2-3-11-25-18)26(23(29)22(19)28)14-15-6-5-10-24-13-15/h2-13,20,27H,14H2,1H3. The molecule has 4 rings (SSSR count).